The maximum atomic E-state index is 5.28. The van der Waals surface area contributed by atoms with E-state index in [2.05, 4.69) is 0 Å². The van der Waals surface area contributed by atoms with Gasteiger partial charge in [0.1, 0.15) is 0 Å². The van der Waals surface area contributed by atoms with E-state index in [0.717, 1.165) is 24.4 Å². The lowest BCUT2D eigenvalue weighted by Crippen LogP contribution is -2.18. The molecule has 18 heavy (non-hydrogen) atoms. The summed E-state index contributed by atoms with van der Waals surface area (Å²) in [5, 5.41) is 0. The van der Waals surface area contributed by atoms with E-state index in [9.17, 15) is 0 Å². The molecule has 0 atom stereocenters. The van der Waals surface area contributed by atoms with Crippen molar-refractivity contribution in [3.05, 3.63) is 0 Å². The zero-order valence-electron chi connectivity index (χ0n) is 12.3. The van der Waals surface area contributed by atoms with Crippen LogP contribution in [0, 0.1) is 17.8 Å². The Bertz CT molecular complexity index is 200. The van der Waals surface area contributed by atoms with Crippen molar-refractivity contribution in [1.29, 1.82) is 0 Å². The molecular weight excluding hydrogens is 220 g/mol. The first kappa shape index (κ1) is 14.4. The fourth-order valence-corrected chi connectivity index (χ4v) is 4.09. The highest BCUT2D eigenvalue weighted by Gasteiger charge is 2.21. The van der Waals surface area contributed by atoms with Crippen LogP contribution < -0.4 is 0 Å². The molecule has 0 aromatic rings. The second-order valence-corrected chi connectivity index (χ2v) is 6.78. The SMILES string of the molecule is COCC1CCC(CCCC2CCCCC2)CC1. The first-order valence-electron chi connectivity index (χ1n) is 8.37. The molecule has 2 aliphatic carbocycles. The summed E-state index contributed by atoms with van der Waals surface area (Å²) in [6.45, 7) is 0.995. The van der Waals surface area contributed by atoms with Crippen LogP contribution in [-0.4, -0.2) is 13.7 Å². The Hall–Kier alpha value is -0.0400. The van der Waals surface area contributed by atoms with Gasteiger partial charge < -0.3 is 4.74 Å². The van der Waals surface area contributed by atoms with E-state index in [-0.39, 0.29) is 0 Å². The van der Waals surface area contributed by atoms with E-state index < -0.39 is 0 Å². The molecule has 0 bridgehead atoms. The Balaban J connectivity index is 1.52. The Morgan fingerprint density at radius 2 is 1.28 bits per heavy atom. The predicted molar refractivity (Wildman–Crippen MR) is 77.8 cm³/mol. The average Bonchev–Trinajstić information content (AvgIpc) is 2.42. The Kier molecular flexibility index (Phi) is 6.54. The summed E-state index contributed by atoms with van der Waals surface area (Å²) in [7, 11) is 1.84. The van der Waals surface area contributed by atoms with Gasteiger partial charge in [-0.3, -0.25) is 0 Å². The lowest BCUT2D eigenvalue weighted by Gasteiger charge is -2.28. The lowest BCUT2D eigenvalue weighted by atomic mass is 9.79. The van der Waals surface area contributed by atoms with Crippen molar-refractivity contribution in [3.63, 3.8) is 0 Å². The molecule has 2 saturated carbocycles. The summed E-state index contributed by atoms with van der Waals surface area (Å²) in [6.07, 6.45) is 17.9. The van der Waals surface area contributed by atoms with E-state index in [4.69, 9.17) is 4.74 Å². The summed E-state index contributed by atoms with van der Waals surface area (Å²) >= 11 is 0. The van der Waals surface area contributed by atoms with Gasteiger partial charge in [0.2, 0.25) is 0 Å². The molecule has 1 nitrogen and oxygen atoms in total. The maximum Gasteiger partial charge on any atom is 0.0490 e. The summed E-state index contributed by atoms with van der Waals surface area (Å²) in [6, 6.07) is 0. The number of hydrogen-bond donors (Lipinski definition) is 0. The zero-order chi connectivity index (χ0) is 12.6. The molecule has 1 heteroatoms. The normalized spacial score (nSPS) is 30.5. The fraction of sp³-hybridized carbons (Fsp3) is 1.00. The van der Waals surface area contributed by atoms with Gasteiger partial charge in [-0.05, 0) is 30.6 Å². The molecule has 2 aliphatic rings. The highest BCUT2D eigenvalue weighted by atomic mass is 16.5. The van der Waals surface area contributed by atoms with Crippen molar-refractivity contribution >= 4 is 0 Å². The molecule has 0 heterocycles. The quantitative estimate of drug-likeness (QED) is 0.632. The third-order valence-corrected chi connectivity index (χ3v) is 5.32. The Morgan fingerprint density at radius 1 is 0.722 bits per heavy atom. The van der Waals surface area contributed by atoms with E-state index in [1.54, 1.807) is 0 Å². The Morgan fingerprint density at radius 3 is 1.89 bits per heavy atom. The molecule has 0 N–H and O–H groups in total. The summed E-state index contributed by atoms with van der Waals surface area (Å²) in [5.74, 6) is 3.00. The minimum absolute atomic E-state index is 0.865. The molecule has 0 radical (unpaired) electrons. The van der Waals surface area contributed by atoms with E-state index >= 15 is 0 Å². The van der Waals surface area contributed by atoms with E-state index in [0.29, 0.717) is 0 Å². The smallest absolute Gasteiger partial charge is 0.0490 e. The average molecular weight is 252 g/mol. The van der Waals surface area contributed by atoms with Crippen LogP contribution in [0.3, 0.4) is 0 Å². The first-order chi connectivity index (χ1) is 8.88. The van der Waals surface area contributed by atoms with Crippen LogP contribution >= 0.6 is 0 Å². The molecule has 106 valence electrons. The molecule has 0 aromatic carbocycles. The third-order valence-electron chi connectivity index (χ3n) is 5.32. The van der Waals surface area contributed by atoms with Gasteiger partial charge >= 0.3 is 0 Å². The highest BCUT2D eigenvalue weighted by molar-refractivity contribution is 4.73. The van der Waals surface area contributed by atoms with Crippen LogP contribution in [0.5, 0.6) is 0 Å². The lowest BCUT2D eigenvalue weighted by molar-refractivity contribution is 0.116. The number of methoxy groups -OCH3 is 1. The van der Waals surface area contributed by atoms with Crippen molar-refractivity contribution in [2.45, 2.75) is 77.0 Å². The zero-order valence-corrected chi connectivity index (χ0v) is 12.3. The van der Waals surface area contributed by atoms with Crippen molar-refractivity contribution in [2.75, 3.05) is 13.7 Å². The third kappa shape index (κ3) is 4.91. The van der Waals surface area contributed by atoms with Crippen LogP contribution in [0.25, 0.3) is 0 Å². The number of ether oxygens (including phenoxy) is 1. The summed E-state index contributed by atoms with van der Waals surface area (Å²) < 4.78 is 5.28. The molecule has 0 saturated heterocycles. The minimum Gasteiger partial charge on any atom is -0.384 e. The number of hydrogen-bond acceptors (Lipinski definition) is 1. The first-order valence-corrected chi connectivity index (χ1v) is 8.37. The molecule has 0 aliphatic heterocycles. The number of rotatable bonds is 6. The topological polar surface area (TPSA) is 9.23 Å². The largest absolute Gasteiger partial charge is 0.384 e. The highest BCUT2D eigenvalue weighted by Crippen LogP contribution is 2.34. The van der Waals surface area contributed by atoms with Crippen molar-refractivity contribution in [1.82, 2.24) is 0 Å². The maximum absolute atomic E-state index is 5.28. The van der Waals surface area contributed by atoms with Gasteiger partial charge in [0.15, 0.2) is 0 Å². The van der Waals surface area contributed by atoms with Crippen LogP contribution in [0.2, 0.25) is 0 Å². The molecule has 0 spiro atoms. The van der Waals surface area contributed by atoms with Gasteiger partial charge in [-0.15, -0.1) is 0 Å². The van der Waals surface area contributed by atoms with Crippen molar-refractivity contribution in [2.24, 2.45) is 17.8 Å². The molecule has 0 unspecified atom stereocenters. The van der Waals surface area contributed by atoms with Gasteiger partial charge in [0.25, 0.3) is 0 Å². The van der Waals surface area contributed by atoms with E-state index in [1.807, 2.05) is 7.11 Å². The summed E-state index contributed by atoms with van der Waals surface area (Å²) in [4.78, 5) is 0. The van der Waals surface area contributed by atoms with Crippen LogP contribution in [0.4, 0.5) is 0 Å². The van der Waals surface area contributed by atoms with E-state index in [1.165, 1.54) is 77.0 Å². The molecular formula is C17H32O. The second kappa shape index (κ2) is 8.19. The summed E-state index contributed by atoms with van der Waals surface area (Å²) in [5.41, 5.74) is 0. The monoisotopic (exact) mass is 252 g/mol. The minimum atomic E-state index is 0.865. The molecule has 2 fully saturated rings. The van der Waals surface area contributed by atoms with Gasteiger partial charge in [0, 0.05) is 13.7 Å². The standard InChI is InChI=1S/C17H32O/c1-18-14-17-12-10-16(11-13-17)9-5-8-15-6-3-2-4-7-15/h15-17H,2-14H2,1H3. The van der Waals surface area contributed by atoms with Crippen LogP contribution in [-0.2, 0) is 4.74 Å². The van der Waals surface area contributed by atoms with Crippen molar-refractivity contribution in [3.8, 4) is 0 Å². The molecule has 2 rings (SSSR count). The van der Waals surface area contributed by atoms with Gasteiger partial charge in [-0.25, -0.2) is 0 Å². The van der Waals surface area contributed by atoms with Crippen LogP contribution in [0.1, 0.15) is 77.0 Å². The molecule has 0 amide bonds. The van der Waals surface area contributed by atoms with Crippen molar-refractivity contribution < 1.29 is 4.74 Å². The second-order valence-electron chi connectivity index (χ2n) is 6.78. The van der Waals surface area contributed by atoms with Crippen LogP contribution in [0.15, 0.2) is 0 Å². The van der Waals surface area contributed by atoms with Gasteiger partial charge in [0.05, 0.1) is 0 Å². The Labute approximate surface area is 114 Å². The molecule has 0 aromatic heterocycles. The predicted octanol–water partition coefficient (Wildman–Crippen LogP) is 5.19. The fourth-order valence-electron chi connectivity index (χ4n) is 4.09. The van der Waals surface area contributed by atoms with Gasteiger partial charge in [-0.1, -0.05) is 64.2 Å². The van der Waals surface area contributed by atoms with Gasteiger partial charge in [-0.2, -0.15) is 0 Å².